The standard InChI is InChI=1S/C13H22N4O3S/c1-15(2)8-11-4-5-12(20-11)10-21-7-6-16(3)13(14)9-17(18)19/h4-5,9H,6-8,10,14H2,1-3H3. The van der Waals surface area contributed by atoms with Gasteiger partial charge in [-0.3, -0.25) is 10.1 Å². The molecule has 0 aliphatic carbocycles. The maximum absolute atomic E-state index is 10.3. The molecule has 0 amide bonds. The van der Waals surface area contributed by atoms with Crippen molar-refractivity contribution in [1.29, 1.82) is 0 Å². The third-order valence-corrected chi connectivity index (χ3v) is 3.64. The normalized spacial score (nSPS) is 11.9. The van der Waals surface area contributed by atoms with Gasteiger partial charge in [0.05, 0.1) is 17.2 Å². The molecule has 0 aliphatic heterocycles. The third kappa shape index (κ3) is 7.05. The molecule has 0 saturated heterocycles. The van der Waals surface area contributed by atoms with Gasteiger partial charge in [-0.2, -0.15) is 11.8 Å². The third-order valence-electron chi connectivity index (χ3n) is 2.68. The van der Waals surface area contributed by atoms with E-state index in [4.69, 9.17) is 10.2 Å². The van der Waals surface area contributed by atoms with Crippen molar-refractivity contribution >= 4 is 11.8 Å². The van der Waals surface area contributed by atoms with Crippen LogP contribution >= 0.6 is 11.8 Å². The van der Waals surface area contributed by atoms with E-state index in [1.54, 1.807) is 23.7 Å². The summed E-state index contributed by atoms with van der Waals surface area (Å²) in [6.45, 7) is 1.43. The summed E-state index contributed by atoms with van der Waals surface area (Å²) in [5.41, 5.74) is 5.57. The van der Waals surface area contributed by atoms with Gasteiger partial charge in [-0.25, -0.2) is 0 Å². The number of nitrogens with zero attached hydrogens (tertiary/aromatic N) is 3. The highest BCUT2D eigenvalue weighted by Crippen LogP contribution is 2.16. The Hall–Kier alpha value is -1.67. The zero-order valence-corrected chi connectivity index (χ0v) is 13.4. The van der Waals surface area contributed by atoms with E-state index in [-0.39, 0.29) is 5.82 Å². The van der Waals surface area contributed by atoms with Crippen LogP contribution in [0.25, 0.3) is 0 Å². The number of nitrogens with two attached hydrogens (primary N) is 1. The monoisotopic (exact) mass is 314 g/mol. The fraction of sp³-hybridized carbons (Fsp3) is 0.538. The molecule has 2 N–H and O–H groups in total. The highest BCUT2D eigenvalue weighted by molar-refractivity contribution is 7.98. The van der Waals surface area contributed by atoms with Gasteiger partial charge in [0.2, 0.25) is 0 Å². The molecule has 1 aromatic rings. The Morgan fingerprint density at radius 1 is 1.43 bits per heavy atom. The lowest BCUT2D eigenvalue weighted by Gasteiger charge is -2.16. The van der Waals surface area contributed by atoms with Crippen LogP contribution in [0.1, 0.15) is 11.5 Å². The molecule has 21 heavy (non-hydrogen) atoms. The van der Waals surface area contributed by atoms with E-state index in [1.807, 2.05) is 26.2 Å². The van der Waals surface area contributed by atoms with Gasteiger partial charge in [0, 0.05) is 19.3 Å². The molecule has 118 valence electrons. The SMILES string of the molecule is CN(C)Cc1ccc(CSCCN(C)C(N)=C[N+](=O)[O-])o1. The summed E-state index contributed by atoms with van der Waals surface area (Å²) >= 11 is 1.70. The van der Waals surface area contributed by atoms with Gasteiger partial charge in [0.25, 0.3) is 6.20 Å². The predicted octanol–water partition coefficient (Wildman–Crippen LogP) is 1.54. The molecule has 0 saturated carbocycles. The minimum Gasteiger partial charge on any atom is -0.464 e. The fourth-order valence-corrected chi connectivity index (χ4v) is 2.51. The van der Waals surface area contributed by atoms with Crippen LogP contribution in [0.15, 0.2) is 28.6 Å². The highest BCUT2D eigenvalue weighted by Gasteiger charge is 2.06. The lowest BCUT2D eigenvalue weighted by molar-refractivity contribution is -0.404. The van der Waals surface area contributed by atoms with Crippen molar-refractivity contribution in [3.05, 3.63) is 45.8 Å². The fourth-order valence-electron chi connectivity index (χ4n) is 1.61. The summed E-state index contributed by atoms with van der Waals surface area (Å²) in [6, 6.07) is 3.97. The van der Waals surface area contributed by atoms with Gasteiger partial charge in [-0.15, -0.1) is 0 Å². The van der Waals surface area contributed by atoms with E-state index in [9.17, 15) is 10.1 Å². The van der Waals surface area contributed by atoms with Crippen LogP contribution in [0.5, 0.6) is 0 Å². The van der Waals surface area contributed by atoms with Crippen molar-refractivity contribution in [2.24, 2.45) is 5.73 Å². The highest BCUT2D eigenvalue weighted by atomic mass is 32.2. The first-order chi connectivity index (χ1) is 9.88. The summed E-state index contributed by atoms with van der Waals surface area (Å²) < 4.78 is 5.70. The maximum Gasteiger partial charge on any atom is 0.274 e. The second-order valence-electron chi connectivity index (χ2n) is 4.92. The Morgan fingerprint density at radius 3 is 2.71 bits per heavy atom. The van der Waals surface area contributed by atoms with Crippen LogP contribution in [0, 0.1) is 10.1 Å². The van der Waals surface area contributed by atoms with Crippen molar-refractivity contribution in [1.82, 2.24) is 9.80 Å². The Labute approximate surface area is 128 Å². The smallest absolute Gasteiger partial charge is 0.274 e. The molecule has 7 nitrogen and oxygen atoms in total. The molecule has 1 heterocycles. The van der Waals surface area contributed by atoms with Crippen molar-refractivity contribution < 1.29 is 9.34 Å². The van der Waals surface area contributed by atoms with Gasteiger partial charge < -0.3 is 20.0 Å². The second-order valence-corrected chi connectivity index (χ2v) is 6.02. The van der Waals surface area contributed by atoms with E-state index < -0.39 is 4.92 Å². The molecule has 0 radical (unpaired) electrons. The summed E-state index contributed by atoms with van der Waals surface area (Å²) in [7, 11) is 5.73. The first kappa shape index (κ1) is 17.4. The van der Waals surface area contributed by atoms with Crippen molar-refractivity contribution in [2.45, 2.75) is 12.3 Å². The Morgan fingerprint density at radius 2 is 2.10 bits per heavy atom. The molecule has 0 aromatic carbocycles. The number of nitro groups is 1. The van der Waals surface area contributed by atoms with E-state index >= 15 is 0 Å². The molecule has 0 unspecified atom stereocenters. The molecule has 0 bridgehead atoms. The average Bonchev–Trinajstić information content (AvgIpc) is 2.80. The van der Waals surface area contributed by atoms with Gasteiger partial charge in [-0.05, 0) is 26.2 Å². The molecule has 0 fully saturated rings. The lowest BCUT2D eigenvalue weighted by Crippen LogP contribution is -2.26. The maximum atomic E-state index is 10.3. The van der Waals surface area contributed by atoms with Gasteiger partial charge in [0.1, 0.15) is 11.5 Å². The first-order valence-electron chi connectivity index (χ1n) is 6.50. The average molecular weight is 314 g/mol. The Kier molecular flexibility index (Phi) is 7.10. The van der Waals surface area contributed by atoms with Crippen LogP contribution in [0.4, 0.5) is 0 Å². The number of hydrogen-bond acceptors (Lipinski definition) is 7. The van der Waals surface area contributed by atoms with Gasteiger partial charge in [-0.1, -0.05) is 0 Å². The molecule has 8 heteroatoms. The number of furan rings is 1. The topological polar surface area (TPSA) is 88.8 Å². The van der Waals surface area contributed by atoms with Gasteiger partial charge >= 0.3 is 0 Å². The molecule has 0 spiro atoms. The second kappa shape index (κ2) is 8.58. The molecular weight excluding hydrogens is 292 g/mol. The summed E-state index contributed by atoms with van der Waals surface area (Å²) in [4.78, 5) is 13.5. The molecule has 1 aromatic heterocycles. The quantitative estimate of drug-likeness (QED) is 0.420. The number of hydrogen-bond donors (Lipinski definition) is 1. The van der Waals surface area contributed by atoms with E-state index in [0.717, 1.165) is 35.8 Å². The van der Waals surface area contributed by atoms with Crippen LogP contribution in [0.2, 0.25) is 0 Å². The van der Waals surface area contributed by atoms with Gasteiger partial charge in [0.15, 0.2) is 5.82 Å². The van der Waals surface area contributed by atoms with Crippen LogP contribution in [-0.4, -0.2) is 48.2 Å². The largest absolute Gasteiger partial charge is 0.464 e. The van der Waals surface area contributed by atoms with Crippen LogP contribution < -0.4 is 5.73 Å². The first-order valence-corrected chi connectivity index (χ1v) is 7.66. The zero-order chi connectivity index (χ0) is 15.8. The predicted molar refractivity (Wildman–Crippen MR) is 84.2 cm³/mol. The minimum absolute atomic E-state index is 0.159. The number of thioether (sulfide) groups is 1. The zero-order valence-electron chi connectivity index (χ0n) is 12.6. The van der Waals surface area contributed by atoms with Crippen LogP contribution in [-0.2, 0) is 12.3 Å². The van der Waals surface area contributed by atoms with E-state index in [2.05, 4.69) is 4.90 Å². The molecule has 0 atom stereocenters. The Balaban J connectivity index is 2.28. The van der Waals surface area contributed by atoms with Crippen molar-refractivity contribution in [2.75, 3.05) is 33.4 Å². The minimum atomic E-state index is -0.548. The molecule has 0 aliphatic rings. The molecule has 1 rings (SSSR count). The summed E-state index contributed by atoms with van der Waals surface area (Å²) in [6.07, 6.45) is 0.810. The molecular formula is C13H22N4O3S. The van der Waals surface area contributed by atoms with Crippen molar-refractivity contribution in [3.8, 4) is 0 Å². The lowest BCUT2D eigenvalue weighted by atomic mass is 10.4. The van der Waals surface area contributed by atoms with Crippen molar-refractivity contribution in [3.63, 3.8) is 0 Å². The number of rotatable bonds is 9. The van der Waals surface area contributed by atoms with Crippen LogP contribution in [0.3, 0.4) is 0 Å². The van der Waals surface area contributed by atoms with E-state index in [1.165, 1.54) is 0 Å². The summed E-state index contributed by atoms with van der Waals surface area (Å²) in [5.74, 6) is 3.64. The Bertz CT molecular complexity index is 488. The summed E-state index contributed by atoms with van der Waals surface area (Å²) in [5, 5.41) is 10.3. The van der Waals surface area contributed by atoms with E-state index in [0.29, 0.717) is 6.54 Å².